The lowest BCUT2D eigenvalue weighted by Crippen LogP contribution is -2.00. The molecule has 228 valence electrons. The monoisotopic (exact) mass is 626 g/mol. The minimum atomic E-state index is 0.621. The Kier molecular flexibility index (Phi) is 6.11. The first-order valence-electron chi connectivity index (χ1n) is 16.3. The molecule has 0 atom stereocenters. The van der Waals surface area contributed by atoms with Gasteiger partial charge in [-0.2, -0.15) is 0 Å². The van der Waals surface area contributed by atoms with E-state index in [9.17, 15) is 0 Å². The van der Waals surface area contributed by atoms with Gasteiger partial charge in [0.2, 0.25) is 0 Å². The molecule has 0 aliphatic rings. The van der Waals surface area contributed by atoms with Gasteiger partial charge in [-0.05, 0) is 63.0 Å². The Morgan fingerprint density at radius 1 is 0.408 bits per heavy atom. The Labute approximate surface area is 281 Å². The van der Waals surface area contributed by atoms with Crippen LogP contribution in [0.2, 0.25) is 0 Å². The average molecular weight is 627 g/mol. The maximum atomic E-state index is 6.42. The fourth-order valence-electron chi connectivity index (χ4n) is 6.87. The quantitative estimate of drug-likeness (QED) is 0.194. The molecular formula is C44H26N4O. The molecule has 5 nitrogen and oxygen atoms in total. The highest BCUT2D eigenvalue weighted by atomic mass is 16.3. The summed E-state index contributed by atoms with van der Waals surface area (Å²) in [4.78, 5) is 19.8. The maximum absolute atomic E-state index is 6.42. The zero-order chi connectivity index (χ0) is 32.3. The van der Waals surface area contributed by atoms with Crippen molar-refractivity contribution in [1.82, 2.24) is 19.9 Å². The van der Waals surface area contributed by atoms with E-state index in [0.717, 1.165) is 71.4 Å². The highest BCUT2D eigenvalue weighted by Gasteiger charge is 2.17. The van der Waals surface area contributed by atoms with Crippen molar-refractivity contribution < 1.29 is 4.42 Å². The van der Waals surface area contributed by atoms with Gasteiger partial charge in [-0.15, -0.1) is 0 Å². The van der Waals surface area contributed by atoms with Crippen molar-refractivity contribution in [2.24, 2.45) is 0 Å². The maximum Gasteiger partial charge on any atom is 0.164 e. The van der Waals surface area contributed by atoms with Gasteiger partial charge in [-0.25, -0.2) is 15.0 Å². The highest BCUT2D eigenvalue weighted by molar-refractivity contribution is 6.18. The summed E-state index contributed by atoms with van der Waals surface area (Å²) in [7, 11) is 0. The summed E-state index contributed by atoms with van der Waals surface area (Å²) >= 11 is 0. The number of furan rings is 1. The lowest BCUT2D eigenvalue weighted by atomic mass is 9.98. The van der Waals surface area contributed by atoms with Crippen molar-refractivity contribution in [2.45, 2.75) is 0 Å². The molecule has 0 bridgehead atoms. The van der Waals surface area contributed by atoms with Crippen LogP contribution >= 0.6 is 0 Å². The number of hydrogen-bond acceptors (Lipinski definition) is 5. The predicted molar refractivity (Wildman–Crippen MR) is 199 cm³/mol. The topological polar surface area (TPSA) is 64.7 Å². The van der Waals surface area contributed by atoms with Crippen molar-refractivity contribution in [1.29, 1.82) is 0 Å². The van der Waals surface area contributed by atoms with Crippen LogP contribution in [0.4, 0.5) is 0 Å². The van der Waals surface area contributed by atoms with Crippen molar-refractivity contribution in [3.8, 4) is 45.3 Å². The summed E-state index contributed by atoms with van der Waals surface area (Å²) in [5.74, 6) is 1.89. The molecule has 10 aromatic rings. The number of nitrogens with zero attached hydrogens (tertiary/aromatic N) is 4. The van der Waals surface area contributed by atoms with E-state index >= 15 is 0 Å². The average Bonchev–Trinajstić information content (AvgIpc) is 3.57. The Hall–Kier alpha value is -6.72. The van der Waals surface area contributed by atoms with Crippen LogP contribution < -0.4 is 0 Å². The number of pyridine rings is 1. The third kappa shape index (κ3) is 4.63. The van der Waals surface area contributed by atoms with Crippen LogP contribution in [0.3, 0.4) is 0 Å². The molecule has 49 heavy (non-hydrogen) atoms. The normalized spacial score (nSPS) is 11.7. The number of fused-ring (bicyclic) bond motifs is 7. The van der Waals surface area contributed by atoms with E-state index in [4.69, 9.17) is 24.4 Å². The number of rotatable bonds is 4. The molecule has 0 amide bonds. The summed E-state index contributed by atoms with van der Waals surface area (Å²) in [5.41, 5.74) is 7.58. The second kappa shape index (κ2) is 10.9. The van der Waals surface area contributed by atoms with Gasteiger partial charge in [0.15, 0.2) is 17.5 Å². The Morgan fingerprint density at radius 3 is 1.63 bits per heavy atom. The van der Waals surface area contributed by atoms with Gasteiger partial charge < -0.3 is 4.42 Å². The van der Waals surface area contributed by atoms with Gasteiger partial charge in [-0.3, -0.25) is 4.98 Å². The number of hydrogen-bond donors (Lipinski definition) is 0. The molecule has 0 spiro atoms. The van der Waals surface area contributed by atoms with Gasteiger partial charge in [0.1, 0.15) is 11.2 Å². The second-order valence-corrected chi connectivity index (χ2v) is 12.3. The lowest BCUT2D eigenvalue weighted by molar-refractivity contribution is 0.672. The van der Waals surface area contributed by atoms with E-state index in [1.54, 1.807) is 0 Å². The summed E-state index contributed by atoms with van der Waals surface area (Å²) in [6.07, 6.45) is 1.93. The van der Waals surface area contributed by atoms with Crippen molar-refractivity contribution >= 4 is 54.4 Å². The zero-order valence-corrected chi connectivity index (χ0v) is 26.2. The Balaban J connectivity index is 1.11. The van der Waals surface area contributed by atoms with Crippen LogP contribution in [-0.2, 0) is 0 Å². The van der Waals surface area contributed by atoms with E-state index in [1.807, 2.05) is 36.5 Å². The van der Waals surface area contributed by atoms with Crippen LogP contribution in [-0.4, -0.2) is 19.9 Å². The van der Waals surface area contributed by atoms with Crippen LogP contribution in [0.5, 0.6) is 0 Å². The first-order valence-corrected chi connectivity index (χ1v) is 16.3. The molecule has 3 heterocycles. The first kappa shape index (κ1) is 27.4. The highest BCUT2D eigenvalue weighted by Crippen LogP contribution is 2.39. The van der Waals surface area contributed by atoms with E-state index < -0.39 is 0 Å². The van der Waals surface area contributed by atoms with Gasteiger partial charge in [-0.1, -0.05) is 121 Å². The fourth-order valence-corrected chi connectivity index (χ4v) is 6.87. The predicted octanol–water partition coefficient (Wildman–Crippen LogP) is 11.3. The molecule has 10 rings (SSSR count). The van der Waals surface area contributed by atoms with E-state index in [1.165, 1.54) is 10.8 Å². The van der Waals surface area contributed by atoms with Crippen LogP contribution in [0.25, 0.3) is 99.7 Å². The fraction of sp³-hybridized carbons (Fsp3) is 0. The second-order valence-electron chi connectivity index (χ2n) is 12.3. The molecule has 0 saturated carbocycles. The summed E-state index contributed by atoms with van der Waals surface area (Å²) < 4.78 is 6.42. The summed E-state index contributed by atoms with van der Waals surface area (Å²) in [6.45, 7) is 0. The van der Waals surface area contributed by atoms with Crippen molar-refractivity contribution in [2.75, 3.05) is 0 Å². The molecule has 0 aliphatic heterocycles. The number of para-hydroxylation sites is 1. The number of aromatic nitrogens is 4. The molecule has 0 saturated heterocycles. The van der Waals surface area contributed by atoms with Gasteiger partial charge in [0.05, 0.1) is 5.52 Å². The third-order valence-corrected chi connectivity index (χ3v) is 9.34. The standard InChI is InChI=1S/C44H26N4O/c1-3-10-31-24-33(22-16-27(31)8-1)43-46-42(47-44(48-43)34-23-17-28-9-2-4-11-32(28)25-34)30-20-18-29(19-21-30)35-13-7-15-39-40(35)37-26-45-38-14-6-5-12-36(38)41(37)49-39/h1-26H. The molecule has 7 aromatic carbocycles. The number of benzene rings is 7. The van der Waals surface area contributed by atoms with Gasteiger partial charge >= 0.3 is 0 Å². The smallest absolute Gasteiger partial charge is 0.164 e. The van der Waals surface area contributed by atoms with Gasteiger partial charge in [0, 0.05) is 39.0 Å². The van der Waals surface area contributed by atoms with E-state index in [0.29, 0.717) is 17.5 Å². The molecule has 3 aromatic heterocycles. The largest absolute Gasteiger partial charge is 0.455 e. The van der Waals surface area contributed by atoms with Crippen LogP contribution in [0.15, 0.2) is 162 Å². The third-order valence-electron chi connectivity index (χ3n) is 9.34. The molecule has 0 fully saturated rings. The molecule has 0 N–H and O–H groups in total. The lowest BCUT2D eigenvalue weighted by Gasteiger charge is -2.10. The summed E-state index contributed by atoms with van der Waals surface area (Å²) in [5, 5.41) is 7.71. The molecule has 0 unspecified atom stereocenters. The van der Waals surface area contributed by atoms with Crippen molar-refractivity contribution in [3.05, 3.63) is 158 Å². The molecular weight excluding hydrogens is 601 g/mol. The Bertz CT molecular complexity index is 2790. The molecule has 5 heteroatoms. The first-order chi connectivity index (χ1) is 24.2. The van der Waals surface area contributed by atoms with Crippen LogP contribution in [0.1, 0.15) is 0 Å². The van der Waals surface area contributed by atoms with Gasteiger partial charge in [0.25, 0.3) is 0 Å². The summed E-state index contributed by atoms with van der Waals surface area (Å²) in [6, 6.07) is 52.1. The van der Waals surface area contributed by atoms with E-state index in [2.05, 4.69) is 121 Å². The zero-order valence-electron chi connectivity index (χ0n) is 26.2. The minimum Gasteiger partial charge on any atom is -0.455 e. The Morgan fingerprint density at radius 2 is 0.959 bits per heavy atom. The SMILES string of the molecule is c1ccc2cc(-c3nc(-c4ccc(-c5cccc6oc7c8ccccc8ncc7c56)cc4)nc(-c4ccc5ccccc5c4)n3)ccc2c1. The molecule has 0 aliphatic carbocycles. The van der Waals surface area contributed by atoms with Crippen LogP contribution in [0, 0.1) is 0 Å². The van der Waals surface area contributed by atoms with Crippen molar-refractivity contribution in [3.63, 3.8) is 0 Å². The van der Waals surface area contributed by atoms with E-state index in [-0.39, 0.29) is 0 Å². The minimum absolute atomic E-state index is 0.621. The molecule has 0 radical (unpaired) electrons.